The molecule has 0 fully saturated rings. The molecule has 4 heteroatoms. The Labute approximate surface area is 132 Å². The quantitative estimate of drug-likeness (QED) is 0.650. The van der Waals surface area contributed by atoms with Gasteiger partial charge in [0, 0.05) is 11.6 Å². The average Bonchev–Trinajstić information content (AvgIpc) is 2.56. The van der Waals surface area contributed by atoms with Crippen LogP contribution in [0.5, 0.6) is 0 Å². The third-order valence-electron chi connectivity index (χ3n) is 3.68. The smallest absolute Gasteiger partial charge is 0.272 e. The van der Waals surface area contributed by atoms with Gasteiger partial charge in [-0.15, -0.1) is 0 Å². The van der Waals surface area contributed by atoms with Crippen LogP contribution in [0.2, 0.25) is 0 Å². The second-order valence-electron chi connectivity index (χ2n) is 5.49. The molecule has 1 aromatic carbocycles. The first-order valence-corrected chi connectivity index (χ1v) is 8.12. The highest BCUT2D eigenvalue weighted by Gasteiger charge is 2.02. The van der Waals surface area contributed by atoms with Crippen molar-refractivity contribution in [2.24, 2.45) is 0 Å². The number of aromatic amines is 1. The number of nitrogens with one attached hydrogen (secondary N) is 2. The van der Waals surface area contributed by atoms with Gasteiger partial charge >= 0.3 is 0 Å². The molecular formula is C18H26FN3+2. The van der Waals surface area contributed by atoms with Crippen LogP contribution < -0.4 is 15.6 Å². The second kappa shape index (κ2) is 9.90. The molecule has 0 aliphatic heterocycles. The summed E-state index contributed by atoms with van der Waals surface area (Å²) in [7, 11) is 0. The number of rotatable bonds is 10. The van der Waals surface area contributed by atoms with Gasteiger partial charge in [0.05, 0.1) is 19.3 Å². The van der Waals surface area contributed by atoms with Crippen molar-refractivity contribution in [3.05, 3.63) is 60.0 Å². The fourth-order valence-corrected chi connectivity index (χ4v) is 2.42. The molecule has 0 saturated heterocycles. The number of H-pyrrole nitrogens is 1. The molecule has 4 N–H and O–H groups in total. The van der Waals surface area contributed by atoms with Crippen LogP contribution in [-0.4, -0.2) is 13.1 Å². The summed E-state index contributed by atoms with van der Waals surface area (Å²) >= 11 is 0. The van der Waals surface area contributed by atoms with Gasteiger partial charge < -0.3 is 5.32 Å². The van der Waals surface area contributed by atoms with Crippen molar-refractivity contribution in [2.75, 3.05) is 18.4 Å². The summed E-state index contributed by atoms with van der Waals surface area (Å²) in [5.41, 5.74) is 0.797. The number of nitrogens with two attached hydrogens (primary N) is 1. The van der Waals surface area contributed by atoms with Gasteiger partial charge in [-0.05, 0) is 37.8 Å². The summed E-state index contributed by atoms with van der Waals surface area (Å²) in [6.07, 6.45) is 6.75. The average molecular weight is 303 g/mol. The summed E-state index contributed by atoms with van der Waals surface area (Å²) in [5, 5.41) is 5.56. The molecule has 0 aliphatic rings. The van der Waals surface area contributed by atoms with Crippen LogP contribution in [0.3, 0.4) is 0 Å². The van der Waals surface area contributed by atoms with Crippen molar-refractivity contribution in [1.82, 2.24) is 0 Å². The number of quaternary nitrogens is 1. The largest absolute Gasteiger partial charge is 0.342 e. The molecule has 2 aromatic rings. The van der Waals surface area contributed by atoms with Crippen LogP contribution in [0.1, 0.15) is 31.2 Å². The maximum atomic E-state index is 13.4. The Morgan fingerprint density at radius 2 is 1.77 bits per heavy atom. The number of unbranched alkanes of at least 4 members (excludes halogenated alkanes) is 3. The number of pyridine rings is 1. The third kappa shape index (κ3) is 6.22. The predicted molar refractivity (Wildman–Crippen MR) is 86.9 cm³/mol. The van der Waals surface area contributed by atoms with E-state index in [-0.39, 0.29) is 5.82 Å². The molecule has 3 nitrogen and oxygen atoms in total. The molecule has 0 saturated carbocycles. The summed E-state index contributed by atoms with van der Waals surface area (Å²) in [4.78, 5) is 3.16. The van der Waals surface area contributed by atoms with Gasteiger partial charge in [0.2, 0.25) is 0 Å². The highest BCUT2D eigenvalue weighted by atomic mass is 19.1. The van der Waals surface area contributed by atoms with E-state index < -0.39 is 0 Å². The zero-order chi connectivity index (χ0) is 15.5. The normalized spacial score (nSPS) is 10.6. The second-order valence-corrected chi connectivity index (χ2v) is 5.49. The lowest BCUT2D eigenvalue weighted by atomic mass is 10.2. The lowest BCUT2D eigenvalue weighted by molar-refractivity contribution is -0.671. The number of anilines is 1. The van der Waals surface area contributed by atoms with Crippen LogP contribution in [0, 0.1) is 5.82 Å². The zero-order valence-corrected chi connectivity index (χ0v) is 13.0. The standard InChI is InChI=1S/C18H24FN3/c19-17-10-4-3-9-16(17)15-20-12-6-1-2-7-13-21-18-11-5-8-14-22-18/h3-5,8-11,14,20H,1-2,6-7,12-13,15H2,(H,21,22)/p+2. The van der Waals surface area contributed by atoms with E-state index >= 15 is 0 Å². The third-order valence-corrected chi connectivity index (χ3v) is 3.68. The van der Waals surface area contributed by atoms with Gasteiger partial charge in [0.15, 0.2) is 0 Å². The maximum absolute atomic E-state index is 13.4. The fraction of sp³-hybridized carbons (Fsp3) is 0.389. The summed E-state index contributed by atoms with van der Waals surface area (Å²) in [6.45, 7) is 2.80. The first-order valence-electron chi connectivity index (χ1n) is 8.12. The first kappa shape index (κ1) is 16.4. The van der Waals surface area contributed by atoms with Gasteiger partial charge in [-0.1, -0.05) is 24.3 Å². The fourth-order valence-electron chi connectivity index (χ4n) is 2.42. The molecule has 0 amide bonds. The zero-order valence-electron chi connectivity index (χ0n) is 13.0. The summed E-state index contributed by atoms with van der Waals surface area (Å²) in [5.74, 6) is 0.975. The molecule has 0 radical (unpaired) electrons. The number of halogens is 1. The number of benzene rings is 1. The minimum atomic E-state index is -0.0949. The van der Waals surface area contributed by atoms with Crippen LogP contribution in [0.15, 0.2) is 48.7 Å². The lowest BCUT2D eigenvalue weighted by Gasteiger charge is -2.03. The molecule has 118 valence electrons. The highest BCUT2D eigenvalue weighted by Crippen LogP contribution is 2.04. The molecule has 1 heterocycles. The Hall–Kier alpha value is -1.94. The van der Waals surface area contributed by atoms with Crippen LogP contribution in [0.25, 0.3) is 0 Å². The molecule has 1 aromatic heterocycles. The minimum absolute atomic E-state index is 0.0949. The van der Waals surface area contributed by atoms with Gasteiger partial charge in [0.25, 0.3) is 5.82 Å². The van der Waals surface area contributed by atoms with E-state index in [1.54, 1.807) is 6.07 Å². The molecule has 22 heavy (non-hydrogen) atoms. The van der Waals surface area contributed by atoms with Crippen molar-refractivity contribution in [2.45, 2.75) is 32.2 Å². The van der Waals surface area contributed by atoms with Crippen molar-refractivity contribution >= 4 is 5.82 Å². The molecule has 0 bridgehead atoms. The van der Waals surface area contributed by atoms with Crippen molar-refractivity contribution in [1.29, 1.82) is 0 Å². The van der Waals surface area contributed by atoms with Crippen molar-refractivity contribution in [3.8, 4) is 0 Å². The predicted octanol–water partition coefficient (Wildman–Crippen LogP) is 2.38. The van der Waals surface area contributed by atoms with E-state index in [1.165, 1.54) is 31.7 Å². The van der Waals surface area contributed by atoms with Gasteiger partial charge in [0.1, 0.15) is 12.4 Å². The van der Waals surface area contributed by atoms with E-state index in [0.717, 1.165) is 31.0 Å². The highest BCUT2D eigenvalue weighted by molar-refractivity contribution is 5.26. The monoisotopic (exact) mass is 303 g/mol. The molecule has 0 spiro atoms. The van der Waals surface area contributed by atoms with E-state index in [9.17, 15) is 4.39 Å². The SMILES string of the molecule is Fc1ccccc1C[NH2+]CCCCCCNc1cccc[nH+]1. The van der Waals surface area contributed by atoms with E-state index in [2.05, 4.69) is 15.6 Å². The summed E-state index contributed by atoms with van der Waals surface area (Å²) in [6, 6.07) is 13.0. The topological polar surface area (TPSA) is 42.8 Å². The molecular weight excluding hydrogens is 277 g/mol. The van der Waals surface area contributed by atoms with Crippen LogP contribution in [-0.2, 0) is 6.54 Å². The molecule has 2 rings (SSSR count). The van der Waals surface area contributed by atoms with Crippen molar-refractivity contribution < 1.29 is 14.7 Å². The Kier molecular flexibility index (Phi) is 7.39. The number of hydrogen-bond acceptors (Lipinski definition) is 1. The van der Waals surface area contributed by atoms with Gasteiger partial charge in [-0.3, -0.25) is 5.32 Å². The summed E-state index contributed by atoms with van der Waals surface area (Å²) < 4.78 is 13.4. The van der Waals surface area contributed by atoms with E-state index in [1.807, 2.05) is 36.5 Å². The maximum Gasteiger partial charge on any atom is 0.272 e. The Morgan fingerprint density at radius 1 is 0.955 bits per heavy atom. The van der Waals surface area contributed by atoms with Crippen LogP contribution >= 0.6 is 0 Å². The molecule has 0 atom stereocenters. The van der Waals surface area contributed by atoms with Crippen LogP contribution in [0.4, 0.5) is 10.2 Å². The van der Waals surface area contributed by atoms with E-state index in [4.69, 9.17) is 0 Å². The van der Waals surface area contributed by atoms with Crippen molar-refractivity contribution in [3.63, 3.8) is 0 Å². The Balaban J connectivity index is 1.44. The molecule has 0 unspecified atom stereocenters. The lowest BCUT2D eigenvalue weighted by Crippen LogP contribution is -2.82. The molecule has 0 aliphatic carbocycles. The number of aromatic nitrogens is 1. The number of hydrogen-bond donors (Lipinski definition) is 2. The Bertz CT molecular complexity index is 531. The Morgan fingerprint density at radius 3 is 2.59 bits per heavy atom. The van der Waals surface area contributed by atoms with E-state index in [0.29, 0.717) is 0 Å². The van der Waals surface area contributed by atoms with Gasteiger partial charge in [-0.2, -0.15) is 0 Å². The van der Waals surface area contributed by atoms with Gasteiger partial charge in [-0.25, -0.2) is 9.37 Å². The first-order chi connectivity index (χ1) is 10.9. The minimum Gasteiger partial charge on any atom is -0.342 e.